The highest BCUT2D eigenvalue weighted by Crippen LogP contribution is 2.32. The van der Waals surface area contributed by atoms with Gasteiger partial charge in [0.2, 0.25) is 22.5 Å². The number of rotatable bonds is 0. The first-order valence-electron chi connectivity index (χ1n) is 1.56. The maximum absolute atomic E-state index is 6.18. The first-order valence-corrected chi connectivity index (χ1v) is 4.71. The van der Waals surface area contributed by atoms with Crippen LogP contribution < -0.4 is 0 Å². The van der Waals surface area contributed by atoms with Crippen molar-refractivity contribution in [1.29, 1.82) is 5.16 Å². The van der Waals surface area contributed by atoms with Gasteiger partial charge in [-0.15, -0.1) is 0 Å². The highest BCUT2D eigenvalue weighted by atomic mass is 35.9. The summed E-state index contributed by atoms with van der Waals surface area (Å²) in [6, 6.07) is 0. The zero-order valence-electron chi connectivity index (χ0n) is 3.70. The Hall–Kier alpha value is 0.680. The van der Waals surface area contributed by atoms with E-state index in [9.17, 15) is 0 Å². The van der Waals surface area contributed by atoms with Gasteiger partial charge in [-0.2, -0.15) is 0 Å². The Kier molecular flexibility index (Phi) is 15.1. The highest BCUT2D eigenvalue weighted by molar-refractivity contribution is 7.95. The second-order valence-electron chi connectivity index (χ2n) is 0.233. The second kappa shape index (κ2) is 9.19. The molecule has 38 valence electrons. The number of hydrogen-bond acceptors (Lipinski definition) is 1. The van der Waals surface area contributed by atoms with Gasteiger partial charge < -0.3 is 0 Å². The molecular weight excluding hydrogens is 140 g/mol. The van der Waals surface area contributed by atoms with Crippen molar-refractivity contribution >= 4 is 28.9 Å². The summed E-state index contributed by atoms with van der Waals surface area (Å²) in [5.41, 5.74) is 0. The molecule has 1 N–H and O–H groups in total. The number of halogens is 2. The molecule has 0 aliphatic carbocycles. The minimum absolute atomic E-state index is 1.43. The minimum Gasteiger partial charge on any atom is -0.0898 e. The minimum atomic E-state index is -1.43. The van der Waals surface area contributed by atoms with E-state index in [4.69, 9.17) is 27.6 Å². The lowest BCUT2D eigenvalue weighted by molar-refractivity contribution is 1.50. The quantitative estimate of drug-likeness (QED) is 0.506. The largest absolute Gasteiger partial charge is 0.435 e. The van der Waals surface area contributed by atoms with E-state index < -0.39 is 6.42 Å². The summed E-state index contributed by atoms with van der Waals surface area (Å²) >= 11 is 9.54. The number of hydrogen-bond donors (Lipinski definition) is 1. The molecule has 0 saturated carbocycles. The highest BCUT2D eigenvalue weighted by Gasteiger charge is 1.88. The van der Waals surface area contributed by atoms with Gasteiger partial charge in [0, 0.05) is 0 Å². The molecule has 0 bridgehead atoms. The van der Waals surface area contributed by atoms with Crippen LogP contribution in [0.1, 0.15) is 13.8 Å². The van der Waals surface area contributed by atoms with E-state index in [-0.39, 0.29) is 0 Å². The van der Waals surface area contributed by atoms with Crippen molar-refractivity contribution < 1.29 is 0 Å². The van der Waals surface area contributed by atoms with Gasteiger partial charge in [0.25, 0.3) is 0 Å². The van der Waals surface area contributed by atoms with Crippen LogP contribution in [0.15, 0.2) is 0 Å². The van der Waals surface area contributed by atoms with Crippen LogP contribution in [0.3, 0.4) is 0 Å². The van der Waals surface area contributed by atoms with Crippen LogP contribution in [-0.4, -0.2) is 0 Å². The van der Waals surface area contributed by atoms with Gasteiger partial charge in [0.15, 0.2) is 0 Å². The predicted molar refractivity (Wildman–Crippen MR) is 32.7 cm³/mol. The van der Waals surface area contributed by atoms with E-state index >= 15 is 0 Å². The molecule has 0 unspecified atom stereocenters. The van der Waals surface area contributed by atoms with Crippen LogP contribution in [0.2, 0.25) is 0 Å². The Labute approximate surface area is 48.5 Å². The third-order valence-corrected chi connectivity index (χ3v) is 0. The second-order valence-corrected chi connectivity index (χ2v) is 3.25. The van der Waals surface area contributed by atoms with Crippen molar-refractivity contribution in [3.63, 3.8) is 0 Å². The summed E-state index contributed by atoms with van der Waals surface area (Å²) in [4.78, 5) is 0. The first kappa shape index (κ1) is 9.84. The lowest BCUT2D eigenvalue weighted by Gasteiger charge is -1.30. The third kappa shape index (κ3) is 137. The van der Waals surface area contributed by atoms with Crippen molar-refractivity contribution in [3.8, 4) is 0 Å². The van der Waals surface area contributed by atoms with Gasteiger partial charge in [0.1, 0.15) is 0 Å². The maximum Gasteiger partial charge on any atom is 0.435 e. The fraction of sp³-hybridized carbons (Fsp3) is 1.00. The molecule has 0 fully saturated rings. The molecule has 0 rings (SSSR count). The molecule has 0 heterocycles. The van der Waals surface area contributed by atoms with Crippen LogP contribution >= 0.6 is 28.9 Å². The molecule has 0 radical (unpaired) electrons. The molecule has 0 aromatic heterocycles. The fourth-order valence-electron chi connectivity index (χ4n) is 0. The van der Waals surface area contributed by atoms with E-state index in [0.29, 0.717) is 0 Å². The molecule has 0 atom stereocenters. The number of nitrogens with one attached hydrogen (secondary N) is 1. The standard InChI is InChI=1S/C2H6.Cl2HNP/c1-2;1-4(2)3/h1-2H3;3H/q;+1. The van der Waals surface area contributed by atoms with Crippen LogP contribution in [0.4, 0.5) is 0 Å². The molecule has 0 aliphatic heterocycles. The zero-order chi connectivity index (χ0) is 5.58. The van der Waals surface area contributed by atoms with Crippen molar-refractivity contribution in [2.45, 2.75) is 13.8 Å². The summed E-state index contributed by atoms with van der Waals surface area (Å²) in [5, 5.41) is 6.18. The van der Waals surface area contributed by atoms with E-state index in [1.807, 2.05) is 13.8 Å². The first-order chi connectivity index (χ1) is 2.73. The molecule has 4 heteroatoms. The smallest absolute Gasteiger partial charge is 0.0898 e. The van der Waals surface area contributed by atoms with Crippen molar-refractivity contribution in [2.24, 2.45) is 0 Å². The summed E-state index contributed by atoms with van der Waals surface area (Å²) in [6.07, 6.45) is -1.43. The van der Waals surface area contributed by atoms with Gasteiger partial charge in [-0.25, -0.2) is 0 Å². The fourth-order valence-corrected chi connectivity index (χ4v) is 0. The third-order valence-electron chi connectivity index (χ3n) is 0. The summed E-state index contributed by atoms with van der Waals surface area (Å²) < 4.78 is 0. The Balaban J connectivity index is 0. The van der Waals surface area contributed by atoms with E-state index in [1.165, 1.54) is 0 Å². The molecular formula is C2H7Cl2NP+. The van der Waals surface area contributed by atoms with Gasteiger partial charge in [0.05, 0.1) is 0 Å². The molecule has 0 aromatic carbocycles. The molecule has 0 aliphatic rings. The summed E-state index contributed by atoms with van der Waals surface area (Å²) in [7, 11) is 0. The normalized spacial score (nSPS) is 5.33. The maximum atomic E-state index is 6.18. The zero-order valence-corrected chi connectivity index (χ0v) is 6.11. The Morgan fingerprint density at radius 1 is 1.33 bits per heavy atom. The topological polar surface area (TPSA) is 23.9 Å². The molecule has 0 amide bonds. The van der Waals surface area contributed by atoms with E-state index in [0.717, 1.165) is 0 Å². The van der Waals surface area contributed by atoms with Crippen molar-refractivity contribution in [1.82, 2.24) is 0 Å². The average molecular weight is 147 g/mol. The van der Waals surface area contributed by atoms with Crippen molar-refractivity contribution in [3.05, 3.63) is 0 Å². The van der Waals surface area contributed by atoms with Crippen LogP contribution in [-0.2, 0) is 0 Å². The van der Waals surface area contributed by atoms with Gasteiger partial charge in [-0.3, -0.25) is 0 Å². The Morgan fingerprint density at radius 3 is 1.33 bits per heavy atom. The van der Waals surface area contributed by atoms with Gasteiger partial charge in [-0.1, -0.05) is 19.0 Å². The average Bonchev–Trinajstić information content (AvgIpc) is 1.41. The van der Waals surface area contributed by atoms with Crippen LogP contribution in [0.25, 0.3) is 0 Å². The lowest BCUT2D eigenvalue weighted by Crippen LogP contribution is -0.901. The predicted octanol–water partition coefficient (Wildman–Crippen LogP) is 3.56. The Bertz CT molecular complexity index is 34.5. The molecule has 0 spiro atoms. The monoisotopic (exact) mass is 146 g/mol. The van der Waals surface area contributed by atoms with Crippen LogP contribution in [0, 0.1) is 5.16 Å². The van der Waals surface area contributed by atoms with Gasteiger partial charge >= 0.3 is 6.42 Å². The van der Waals surface area contributed by atoms with E-state index in [1.54, 1.807) is 0 Å². The van der Waals surface area contributed by atoms with E-state index in [2.05, 4.69) is 0 Å². The lowest BCUT2D eigenvalue weighted by atomic mass is 11.0. The van der Waals surface area contributed by atoms with Crippen LogP contribution in [0.5, 0.6) is 0 Å². The molecule has 6 heavy (non-hydrogen) atoms. The summed E-state index contributed by atoms with van der Waals surface area (Å²) in [5.74, 6) is 0. The Morgan fingerprint density at radius 2 is 1.33 bits per heavy atom. The van der Waals surface area contributed by atoms with Crippen molar-refractivity contribution in [2.75, 3.05) is 0 Å². The molecule has 0 aromatic rings. The summed E-state index contributed by atoms with van der Waals surface area (Å²) in [6.45, 7) is 4.00. The molecule has 1 nitrogen and oxygen atoms in total. The SMILES string of the molecule is CC.N=[P+](Cl)Cl. The molecule has 0 saturated heterocycles. The van der Waals surface area contributed by atoms with Gasteiger partial charge in [-0.05, 0) is 0 Å².